The minimum Gasteiger partial charge on any atom is -0.508 e. The van der Waals surface area contributed by atoms with Crippen molar-refractivity contribution in [3.05, 3.63) is 65.7 Å². The molecule has 24 heavy (non-hydrogen) atoms. The highest BCUT2D eigenvalue weighted by atomic mass is 16.7. The van der Waals surface area contributed by atoms with E-state index >= 15 is 0 Å². The van der Waals surface area contributed by atoms with Crippen LogP contribution in [0.1, 0.15) is 11.1 Å². The van der Waals surface area contributed by atoms with Crippen LogP contribution in [-0.4, -0.2) is 31.5 Å². The van der Waals surface area contributed by atoms with Gasteiger partial charge in [0.2, 0.25) is 5.91 Å². The smallest absolute Gasteiger partial charge is 0.244 e. The third-order valence-electron chi connectivity index (χ3n) is 3.30. The first-order valence-corrected chi connectivity index (χ1v) is 7.63. The van der Waals surface area contributed by atoms with Gasteiger partial charge in [-0.3, -0.25) is 4.79 Å². The molecule has 0 fully saturated rings. The van der Waals surface area contributed by atoms with E-state index in [1.165, 1.54) is 6.08 Å². The molecule has 0 bridgehead atoms. The van der Waals surface area contributed by atoms with Crippen molar-refractivity contribution in [3.63, 3.8) is 0 Å². The highest BCUT2D eigenvalue weighted by Gasteiger charge is 1.98. The third kappa shape index (κ3) is 6.14. The number of carbonyl (C=O) groups is 1. The number of methoxy groups -OCH3 is 1. The van der Waals surface area contributed by atoms with Crippen LogP contribution in [0.25, 0.3) is 6.08 Å². The van der Waals surface area contributed by atoms with E-state index in [0.717, 1.165) is 11.1 Å². The van der Waals surface area contributed by atoms with Crippen molar-refractivity contribution in [2.45, 2.75) is 6.42 Å². The van der Waals surface area contributed by atoms with Gasteiger partial charge in [0, 0.05) is 19.7 Å². The summed E-state index contributed by atoms with van der Waals surface area (Å²) >= 11 is 0. The number of hydrogen-bond acceptors (Lipinski definition) is 4. The van der Waals surface area contributed by atoms with Crippen molar-refractivity contribution in [3.8, 4) is 11.5 Å². The minimum absolute atomic E-state index is 0.145. The second kappa shape index (κ2) is 9.37. The number of phenolic OH excluding ortho intramolecular Hbond substituents is 1. The lowest BCUT2D eigenvalue weighted by Crippen LogP contribution is -2.23. The van der Waals surface area contributed by atoms with Crippen LogP contribution < -0.4 is 10.1 Å². The normalized spacial score (nSPS) is 10.7. The summed E-state index contributed by atoms with van der Waals surface area (Å²) in [4.78, 5) is 11.8. The molecule has 2 aromatic rings. The lowest BCUT2D eigenvalue weighted by atomic mass is 10.1. The molecule has 0 saturated heterocycles. The van der Waals surface area contributed by atoms with Gasteiger partial charge >= 0.3 is 0 Å². The molecule has 5 nitrogen and oxygen atoms in total. The fourth-order valence-electron chi connectivity index (χ4n) is 2.03. The van der Waals surface area contributed by atoms with Crippen LogP contribution in [0.5, 0.6) is 11.5 Å². The average molecular weight is 327 g/mol. The molecule has 0 unspecified atom stereocenters. The maximum atomic E-state index is 11.8. The Balaban J connectivity index is 1.74. The van der Waals surface area contributed by atoms with Crippen LogP contribution in [0.3, 0.4) is 0 Å². The molecule has 0 spiro atoms. The van der Waals surface area contributed by atoms with Crippen molar-refractivity contribution in [1.29, 1.82) is 0 Å². The Morgan fingerprint density at radius 2 is 1.83 bits per heavy atom. The molecule has 1 amide bonds. The predicted octanol–water partition coefficient (Wildman–Crippen LogP) is 2.75. The third-order valence-corrected chi connectivity index (χ3v) is 3.30. The summed E-state index contributed by atoms with van der Waals surface area (Å²) in [5.41, 5.74) is 1.97. The van der Waals surface area contributed by atoms with Crippen LogP contribution in [-0.2, 0) is 16.0 Å². The van der Waals surface area contributed by atoms with E-state index < -0.39 is 0 Å². The van der Waals surface area contributed by atoms with Gasteiger partial charge in [-0.2, -0.15) is 0 Å². The van der Waals surface area contributed by atoms with Gasteiger partial charge in [-0.05, 0) is 47.9 Å². The first kappa shape index (κ1) is 17.6. The molecule has 0 aromatic heterocycles. The number of aromatic hydroxyl groups is 1. The number of benzene rings is 2. The molecule has 2 rings (SSSR count). The van der Waals surface area contributed by atoms with Crippen molar-refractivity contribution in [2.75, 3.05) is 20.4 Å². The Labute approximate surface area is 141 Å². The molecule has 0 radical (unpaired) electrons. The van der Waals surface area contributed by atoms with Crippen LogP contribution in [0, 0.1) is 0 Å². The number of nitrogens with one attached hydrogen (secondary N) is 1. The van der Waals surface area contributed by atoms with E-state index in [4.69, 9.17) is 9.47 Å². The number of rotatable bonds is 8. The van der Waals surface area contributed by atoms with Gasteiger partial charge in [-0.15, -0.1) is 0 Å². The second-order valence-corrected chi connectivity index (χ2v) is 5.16. The number of amides is 1. The fourth-order valence-corrected chi connectivity index (χ4v) is 2.03. The summed E-state index contributed by atoms with van der Waals surface area (Å²) in [6.07, 6.45) is 3.96. The number of hydrogen-bond donors (Lipinski definition) is 2. The monoisotopic (exact) mass is 327 g/mol. The SMILES string of the molecule is COCOc1ccc(/C=C/C(=O)NCCc2ccc(O)cc2)cc1. The summed E-state index contributed by atoms with van der Waals surface area (Å²) in [5, 5.41) is 12.0. The largest absolute Gasteiger partial charge is 0.508 e. The van der Waals surface area contributed by atoms with Gasteiger partial charge in [-0.25, -0.2) is 0 Å². The number of carbonyl (C=O) groups excluding carboxylic acids is 1. The highest BCUT2D eigenvalue weighted by Crippen LogP contribution is 2.13. The zero-order chi connectivity index (χ0) is 17.2. The first-order chi connectivity index (χ1) is 11.7. The van der Waals surface area contributed by atoms with E-state index in [9.17, 15) is 9.90 Å². The Kier molecular flexibility index (Phi) is 6.86. The number of ether oxygens (including phenoxy) is 2. The molecule has 5 heteroatoms. The van der Waals surface area contributed by atoms with Gasteiger partial charge in [0.15, 0.2) is 6.79 Å². The van der Waals surface area contributed by atoms with Crippen molar-refractivity contribution in [1.82, 2.24) is 5.32 Å². The van der Waals surface area contributed by atoms with Crippen molar-refractivity contribution >= 4 is 12.0 Å². The van der Waals surface area contributed by atoms with Gasteiger partial charge < -0.3 is 19.9 Å². The van der Waals surface area contributed by atoms with Gasteiger partial charge in [0.25, 0.3) is 0 Å². The lowest BCUT2D eigenvalue weighted by Gasteiger charge is -2.04. The molecule has 2 aromatic carbocycles. The maximum Gasteiger partial charge on any atom is 0.244 e. The molecule has 2 N–H and O–H groups in total. The summed E-state index contributed by atoms with van der Waals surface area (Å²) in [6, 6.07) is 14.3. The zero-order valence-electron chi connectivity index (χ0n) is 13.6. The van der Waals surface area contributed by atoms with Crippen LogP contribution in [0.4, 0.5) is 0 Å². The minimum atomic E-state index is -0.145. The van der Waals surface area contributed by atoms with Gasteiger partial charge in [-0.1, -0.05) is 24.3 Å². The van der Waals surface area contributed by atoms with E-state index in [2.05, 4.69) is 5.32 Å². The quantitative estimate of drug-likeness (QED) is 0.578. The molecule has 0 atom stereocenters. The van der Waals surface area contributed by atoms with E-state index in [0.29, 0.717) is 18.7 Å². The Hall–Kier alpha value is -2.79. The second-order valence-electron chi connectivity index (χ2n) is 5.16. The highest BCUT2D eigenvalue weighted by molar-refractivity contribution is 5.91. The van der Waals surface area contributed by atoms with Crippen LogP contribution >= 0.6 is 0 Å². The van der Waals surface area contributed by atoms with E-state index in [-0.39, 0.29) is 18.4 Å². The lowest BCUT2D eigenvalue weighted by molar-refractivity contribution is -0.116. The molecule has 0 aliphatic carbocycles. The summed E-state index contributed by atoms with van der Waals surface area (Å²) in [7, 11) is 1.57. The van der Waals surface area contributed by atoms with E-state index in [1.54, 1.807) is 25.3 Å². The molecule has 0 saturated carbocycles. The average Bonchev–Trinajstić information content (AvgIpc) is 2.61. The molecule has 126 valence electrons. The molecule has 0 heterocycles. The van der Waals surface area contributed by atoms with Crippen molar-refractivity contribution in [2.24, 2.45) is 0 Å². The Morgan fingerprint density at radius 1 is 1.12 bits per heavy atom. The molecular formula is C19H21NO4. The summed E-state index contributed by atoms with van der Waals surface area (Å²) in [5.74, 6) is 0.810. The summed E-state index contributed by atoms with van der Waals surface area (Å²) < 4.78 is 10.1. The summed E-state index contributed by atoms with van der Waals surface area (Å²) in [6.45, 7) is 0.746. The molecule has 0 aliphatic rings. The van der Waals surface area contributed by atoms with E-state index in [1.807, 2.05) is 36.4 Å². The Morgan fingerprint density at radius 3 is 2.50 bits per heavy atom. The molecule has 0 aliphatic heterocycles. The standard InChI is InChI=1S/C19H21NO4/c1-23-14-24-18-9-4-15(5-10-18)6-11-19(22)20-13-12-16-2-7-17(21)8-3-16/h2-11,21H,12-14H2,1H3,(H,20,22)/b11-6+. The molecular weight excluding hydrogens is 306 g/mol. The zero-order valence-corrected chi connectivity index (χ0v) is 13.6. The van der Waals surface area contributed by atoms with Crippen LogP contribution in [0.15, 0.2) is 54.6 Å². The topological polar surface area (TPSA) is 67.8 Å². The fraction of sp³-hybridized carbons (Fsp3) is 0.211. The van der Waals surface area contributed by atoms with Crippen molar-refractivity contribution < 1.29 is 19.4 Å². The first-order valence-electron chi connectivity index (χ1n) is 7.63. The number of phenols is 1. The van der Waals surface area contributed by atoms with Gasteiger partial charge in [0.1, 0.15) is 11.5 Å². The Bertz CT molecular complexity index is 663. The van der Waals surface area contributed by atoms with Gasteiger partial charge in [0.05, 0.1) is 0 Å². The van der Waals surface area contributed by atoms with Crippen LogP contribution in [0.2, 0.25) is 0 Å². The predicted molar refractivity (Wildman–Crippen MR) is 92.8 cm³/mol. The maximum absolute atomic E-state index is 11.8.